The molecule has 108 valence electrons. The number of nitrogens with one attached hydrogen (secondary N) is 1. The topological polar surface area (TPSA) is 31.4 Å². The summed E-state index contributed by atoms with van der Waals surface area (Å²) < 4.78 is 0. The third-order valence-corrected chi connectivity index (χ3v) is 3.70. The molecule has 2 heterocycles. The summed E-state index contributed by atoms with van der Waals surface area (Å²) in [7, 11) is 2.07. The minimum absolute atomic E-state index is 0. The Morgan fingerprint density at radius 2 is 2.26 bits per heavy atom. The maximum absolute atomic E-state index is 4.52. The number of piperazine rings is 1. The third-order valence-electron chi connectivity index (χ3n) is 3.70. The Morgan fingerprint density at radius 3 is 2.84 bits per heavy atom. The Kier molecular flexibility index (Phi) is 6.55. The predicted octanol–water partition coefficient (Wildman–Crippen LogP) is 1.75. The van der Waals surface area contributed by atoms with Crippen LogP contribution in [0.15, 0.2) is 18.3 Å². The van der Waals surface area contributed by atoms with Crippen LogP contribution >= 0.6 is 12.4 Å². The normalized spacial score (nSPS) is 19.8. The molecule has 2 rings (SSSR count). The first-order valence-corrected chi connectivity index (χ1v) is 6.81. The van der Waals surface area contributed by atoms with Crippen LogP contribution in [0.2, 0.25) is 0 Å². The lowest BCUT2D eigenvalue weighted by atomic mass is 10.2. The lowest BCUT2D eigenvalue weighted by Crippen LogP contribution is -2.49. The van der Waals surface area contributed by atoms with Crippen LogP contribution in [-0.2, 0) is 6.54 Å². The number of nitrogens with zero attached hydrogens (tertiary/aromatic N) is 3. The minimum Gasteiger partial charge on any atom is -0.360 e. The van der Waals surface area contributed by atoms with Gasteiger partial charge in [0.05, 0.1) is 0 Å². The smallest absolute Gasteiger partial charge is 0.128 e. The summed E-state index contributed by atoms with van der Waals surface area (Å²) in [6.45, 7) is 9.71. The van der Waals surface area contributed by atoms with Crippen molar-refractivity contribution in [2.24, 2.45) is 0 Å². The van der Waals surface area contributed by atoms with Crippen molar-refractivity contribution in [3.05, 3.63) is 23.9 Å². The van der Waals surface area contributed by atoms with E-state index in [2.05, 4.69) is 53.1 Å². The lowest BCUT2D eigenvalue weighted by molar-refractivity contribution is 0.165. The number of hydrogen-bond donors (Lipinski definition) is 1. The Bertz CT molecular complexity index is 368. The van der Waals surface area contributed by atoms with Gasteiger partial charge in [0.15, 0.2) is 0 Å². The molecule has 0 aromatic carbocycles. The maximum Gasteiger partial charge on any atom is 0.128 e. The van der Waals surface area contributed by atoms with Crippen molar-refractivity contribution in [2.45, 2.75) is 26.4 Å². The second-order valence-electron chi connectivity index (χ2n) is 5.06. The average Bonchev–Trinajstić information content (AvgIpc) is 2.41. The summed E-state index contributed by atoms with van der Waals surface area (Å²) in [4.78, 5) is 9.18. The van der Waals surface area contributed by atoms with E-state index in [4.69, 9.17) is 0 Å². The third kappa shape index (κ3) is 4.34. The van der Waals surface area contributed by atoms with Gasteiger partial charge in [0, 0.05) is 52.0 Å². The van der Waals surface area contributed by atoms with E-state index in [9.17, 15) is 0 Å². The Balaban J connectivity index is 0.00000180. The highest BCUT2D eigenvalue weighted by atomic mass is 35.5. The molecule has 0 bridgehead atoms. The summed E-state index contributed by atoms with van der Waals surface area (Å²) >= 11 is 0. The largest absolute Gasteiger partial charge is 0.360 e. The Morgan fingerprint density at radius 1 is 1.47 bits per heavy atom. The van der Waals surface area contributed by atoms with Crippen LogP contribution in [-0.4, -0.2) is 49.2 Å². The second kappa shape index (κ2) is 7.68. The molecular weight excluding hydrogens is 260 g/mol. The van der Waals surface area contributed by atoms with Gasteiger partial charge in [-0.15, -0.1) is 12.4 Å². The molecule has 4 nitrogen and oxygen atoms in total. The first kappa shape index (κ1) is 16.2. The van der Waals surface area contributed by atoms with Gasteiger partial charge in [-0.05, 0) is 25.5 Å². The van der Waals surface area contributed by atoms with Crippen LogP contribution in [0.25, 0.3) is 0 Å². The molecule has 1 aliphatic rings. The molecule has 1 aromatic rings. The molecule has 19 heavy (non-hydrogen) atoms. The molecule has 0 amide bonds. The molecular formula is C14H25ClN4. The SMILES string of the molecule is CCN(C)c1ccc(CN2CCNC[C@@H]2C)cn1.Cl. The van der Waals surface area contributed by atoms with E-state index in [-0.39, 0.29) is 12.4 Å². The maximum atomic E-state index is 4.52. The van der Waals surface area contributed by atoms with Crippen molar-refractivity contribution in [3.8, 4) is 0 Å². The van der Waals surface area contributed by atoms with Crippen molar-refractivity contribution in [3.63, 3.8) is 0 Å². The number of pyridine rings is 1. The highest BCUT2D eigenvalue weighted by molar-refractivity contribution is 5.85. The lowest BCUT2D eigenvalue weighted by Gasteiger charge is -2.33. The predicted molar refractivity (Wildman–Crippen MR) is 83.2 cm³/mol. The standard InChI is InChI=1S/C14H24N4.ClH/c1-4-17(3)14-6-5-13(10-16-14)11-18-8-7-15-9-12(18)2;/h5-6,10,12,15H,4,7-9,11H2,1-3H3;1H/t12-;/m0./s1. The Labute approximate surface area is 122 Å². The number of anilines is 1. The van der Waals surface area contributed by atoms with Crippen molar-refractivity contribution in [2.75, 3.05) is 38.1 Å². The molecule has 1 N–H and O–H groups in total. The number of rotatable bonds is 4. The van der Waals surface area contributed by atoms with Crippen LogP contribution in [0, 0.1) is 0 Å². The van der Waals surface area contributed by atoms with Crippen molar-refractivity contribution < 1.29 is 0 Å². The van der Waals surface area contributed by atoms with Crippen LogP contribution in [0.3, 0.4) is 0 Å². The molecule has 1 aromatic heterocycles. The van der Waals surface area contributed by atoms with E-state index < -0.39 is 0 Å². The monoisotopic (exact) mass is 284 g/mol. The fraction of sp³-hybridized carbons (Fsp3) is 0.643. The van der Waals surface area contributed by atoms with Gasteiger partial charge >= 0.3 is 0 Å². The highest BCUT2D eigenvalue weighted by Gasteiger charge is 2.17. The van der Waals surface area contributed by atoms with Crippen LogP contribution < -0.4 is 10.2 Å². The molecule has 0 radical (unpaired) electrons. The van der Waals surface area contributed by atoms with E-state index in [0.29, 0.717) is 6.04 Å². The highest BCUT2D eigenvalue weighted by Crippen LogP contribution is 2.13. The molecule has 5 heteroatoms. The molecule has 1 atom stereocenters. The van der Waals surface area contributed by atoms with Gasteiger partial charge in [0.25, 0.3) is 0 Å². The summed E-state index contributed by atoms with van der Waals surface area (Å²) in [5.41, 5.74) is 1.30. The molecule has 0 spiro atoms. The first-order valence-electron chi connectivity index (χ1n) is 6.81. The van der Waals surface area contributed by atoms with E-state index in [0.717, 1.165) is 38.5 Å². The molecule has 0 aliphatic carbocycles. The Hall–Kier alpha value is -0.840. The first-order chi connectivity index (χ1) is 8.70. The molecule has 0 unspecified atom stereocenters. The van der Waals surface area contributed by atoms with Gasteiger partial charge in [-0.1, -0.05) is 6.07 Å². The van der Waals surface area contributed by atoms with Gasteiger partial charge in [0.2, 0.25) is 0 Å². The fourth-order valence-electron chi connectivity index (χ4n) is 2.25. The number of aromatic nitrogens is 1. The molecule has 1 saturated heterocycles. The second-order valence-corrected chi connectivity index (χ2v) is 5.06. The van der Waals surface area contributed by atoms with Gasteiger partial charge in [-0.2, -0.15) is 0 Å². The molecule has 0 saturated carbocycles. The molecule has 1 aliphatic heterocycles. The van der Waals surface area contributed by atoms with Crippen LogP contribution in [0.4, 0.5) is 5.82 Å². The quantitative estimate of drug-likeness (QED) is 0.913. The summed E-state index contributed by atoms with van der Waals surface area (Å²) in [5.74, 6) is 1.05. The minimum atomic E-state index is 0. The van der Waals surface area contributed by atoms with Crippen molar-refractivity contribution in [1.29, 1.82) is 0 Å². The zero-order chi connectivity index (χ0) is 13.0. The zero-order valence-corrected chi connectivity index (χ0v) is 12.9. The van der Waals surface area contributed by atoms with Gasteiger partial charge in [-0.25, -0.2) is 4.98 Å². The average molecular weight is 285 g/mol. The van der Waals surface area contributed by atoms with Crippen molar-refractivity contribution >= 4 is 18.2 Å². The van der Waals surface area contributed by atoms with Gasteiger partial charge in [-0.3, -0.25) is 4.90 Å². The van der Waals surface area contributed by atoms with Gasteiger partial charge < -0.3 is 10.2 Å². The van der Waals surface area contributed by atoms with Crippen molar-refractivity contribution in [1.82, 2.24) is 15.2 Å². The summed E-state index contributed by atoms with van der Waals surface area (Å²) in [6, 6.07) is 4.92. The van der Waals surface area contributed by atoms with E-state index in [1.807, 2.05) is 6.20 Å². The van der Waals surface area contributed by atoms with E-state index in [1.165, 1.54) is 5.56 Å². The summed E-state index contributed by atoms with van der Waals surface area (Å²) in [6.07, 6.45) is 2.01. The molecule has 1 fully saturated rings. The summed E-state index contributed by atoms with van der Waals surface area (Å²) in [5, 5.41) is 3.42. The van der Waals surface area contributed by atoms with Gasteiger partial charge in [0.1, 0.15) is 5.82 Å². The van der Waals surface area contributed by atoms with E-state index in [1.54, 1.807) is 0 Å². The van der Waals surface area contributed by atoms with Crippen LogP contribution in [0.5, 0.6) is 0 Å². The fourth-order valence-corrected chi connectivity index (χ4v) is 2.25. The number of halogens is 1. The number of hydrogen-bond acceptors (Lipinski definition) is 4. The zero-order valence-electron chi connectivity index (χ0n) is 12.1. The van der Waals surface area contributed by atoms with Crippen LogP contribution in [0.1, 0.15) is 19.4 Å². The van der Waals surface area contributed by atoms with E-state index >= 15 is 0 Å².